The molecule has 0 radical (unpaired) electrons. The number of hydrogen-bond donors (Lipinski definition) is 2. The topological polar surface area (TPSA) is 54.9 Å². The Kier molecular flexibility index (Phi) is 9.05. The third-order valence-electron chi connectivity index (χ3n) is 3.71. The van der Waals surface area contributed by atoms with Crippen LogP contribution in [0.5, 0.6) is 0 Å². The van der Waals surface area contributed by atoms with Crippen molar-refractivity contribution < 1.29 is 9.47 Å². The third-order valence-corrected chi connectivity index (χ3v) is 4.40. The molecule has 0 unspecified atom stereocenters. The van der Waals surface area contributed by atoms with Gasteiger partial charge in [-0.25, -0.2) is 0 Å². The van der Waals surface area contributed by atoms with Crippen molar-refractivity contribution in [1.29, 1.82) is 0 Å². The number of nitrogens with zero attached hydrogens (tertiary/aromatic N) is 1. The molecule has 0 amide bonds. The standard InChI is InChI=1S/C14H29N3O2S/c1-15-13(16-8-4-5-11-20-3)17-12-14(18-2)6-9-19-10-7-14/h4-12H2,1-3H3,(H2,15,16,17). The molecule has 20 heavy (non-hydrogen) atoms. The summed E-state index contributed by atoms with van der Waals surface area (Å²) in [5.74, 6) is 2.08. The van der Waals surface area contributed by atoms with Gasteiger partial charge in [-0.05, 0) is 24.9 Å². The van der Waals surface area contributed by atoms with Crippen molar-refractivity contribution in [2.75, 3.05) is 52.5 Å². The van der Waals surface area contributed by atoms with Crippen molar-refractivity contribution in [3.8, 4) is 0 Å². The number of guanidine groups is 1. The lowest BCUT2D eigenvalue weighted by Gasteiger charge is -2.36. The van der Waals surface area contributed by atoms with Gasteiger partial charge in [-0.2, -0.15) is 11.8 Å². The molecule has 0 spiro atoms. The second-order valence-corrected chi connectivity index (χ2v) is 6.04. The maximum atomic E-state index is 5.70. The van der Waals surface area contributed by atoms with Gasteiger partial charge in [0.05, 0.1) is 5.60 Å². The lowest BCUT2D eigenvalue weighted by molar-refractivity contribution is -0.0855. The van der Waals surface area contributed by atoms with Gasteiger partial charge in [0, 0.05) is 53.3 Å². The highest BCUT2D eigenvalue weighted by Gasteiger charge is 2.32. The Labute approximate surface area is 127 Å². The Morgan fingerprint density at radius 3 is 2.65 bits per heavy atom. The van der Waals surface area contributed by atoms with Gasteiger partial charge in [-0.3, -0.25) is 4.99 Å². The number of thioether (sulfide) groups is 1. The number of ether oxygens (including phenoxy) is 2. The summed E-state index contributed by atoms with van der Waals surface area (Å²) in [7, 11) is 3.59. The van der Waals surface area contributed by atoms with E-state index in [0.717, 1.165) is 45.1 Å². The van der Waals surface area contributed by atoms with Crippen molar-refractivity contribution in [2.45, 2.75) is 31.3 Å². The first-order valence-corrected chi connectivity index (χ1v) is 8.72. The zero-order chi connectivity index (χ0) is 14.7. The van der Waals surface area contributed by atoms with Crippen LogP contribution < -0.4 is 10.6 Å². The van der Waals surface area contributed by atoms with Gasteiger partial charge in [0.1, 0.15) is 0 Å². The van der Waals surface area contributed by atoms with Gasteiger partial charge in [0.15, 0.2) is 5.96 Å². The highest BCUT2D eigenvalue weighted by molar-refractivity contribution is 7.98. The molecular weight excluding hydrogens is 274 g/mol. The molecule has 0 bridgehead atoms. The third kappa shape index (κ3) is 6.33. The lowest BCUT2D eigenvalue weighted by atomic mass is 9.94. The summed E-state index contributed by atoms with van der Waals surface area (Å²) < 4.78 is 11.1. The molecule has 1 aliphatic heterocycles. The molecule has 0 aromatic rings. The zero-order valence-corrected chi connectivity index (χ0v) is 13.9. The summed E-state index contributed by atoms with van der Waals surface area (Å²) in [5.41, 5.74) is -0.116. The van der Waals surface area contributed by atoms with E-state index >= 15 is 0 Å². The highest BCUT2D eigenvalue weighted by Crippen LogP contribution is 2.23. The molecule has 0 atom stereocenters. The lowest BCUT2D eigenvalue weighted by Crippen LogP contribution is -2.50. The number of methoxy groups -OCH3 is 1. The monoisotopic (exact) mass is 303 g/mol. The number of rotatable bonds is 8. The predicted molar refractivity (Wildman–Crippen MR) is 86.8 cm³/mol. The summed E-state index contributed by atoms with van der Waals surface area (Å²) in [5, 5.41) is 6.73. The summed E-state index contributed by atoms with van der Waals surface area (Å²) in [6, 6.07) is 0. The second kappa shape index (κ2) is 10.3. The van der Waals surface area contributed by atoms with E-state index in [-0.39, 0.29) is 5.60 Å². The smallest absolute Gasteiger partial charge is 0.191 e. The van der Waals surface area contributed by atoms with Crippen LogP contribution in [0.15, 0.2) is 4.99 Å². The average molecular weight is 303 g/mol. The van der Waals surface area contributed by atoms with E-state index in [0.29, 0.717) is 0 Å². The summed E-state index contributed by atoms with van der Waals surface area (Å²) >= 11 is 1.90. The molecule has 118 valence electrons. The molecule has 2 N–H and O–H groups in total. The maximum absolute atomic E-state index is 5.70. The van der Waals surface area contributed by atoms with Gasteiger partial charge in [-0.15, -0.1) is 0 Å². The molecule has 0 aliphatic carbocycles. The molecule has 1 rings (SSSR count). The molecule has 0 saturated carbocycles. The van der Waals surface area contributed by atoms with Crippen molar-refractivity contribution in [3.63, 3.8) is 0 Å². The maximum Gasteiger partial charge on any atom is 0.191 e. The van der Waals surface area contributed by atoms with Crippen LogP contribution in [0.3, 0.4) is 0 Å². The van der Waals surface area contributed by atoms with Crippen LogP contribution in [-0.4, -0.2) is 64.0 Å². The largest absolute Gasteiger partial charge is 0.381 e. The minimum absolute atomic E-state index is 0.116. The van der Waals surface area contributed by atoms with Crippen molar-refractivity contribution in [3.05, 3.63) is 0 Å². The fraction of sp³-hybridized carbons (Fsp3) is 0.929. The van der Waals surface area contributed by atoms with Crippen LogP contribution in [0, 0.1) is 0 Å². The Hall–Kier alpha value is -0.460. The van der Waals surface area contributed by atoms with Crippen LogP contribution in [0.4, 0.5) is 0 Å². The van der Waals surface area contributed by atoms with Crippen LogP contribution in [0.1, 0.15) is 25.7 Å². The molecule has 0 aromatic heterocycles. The SMILES string of the molecule is CN=C(NCCCCSC)NCC1(OC)CCOCC1. The van der Waals surface area contributed by atoms with Crippen molar-refractivity contribution in [2.24, 2.45) is 4.99 Å². The second-order valence-electron chi connectivity index (χ2n) is 5.05. The molecule has 1 saturated heterocycles. The summed E-state index contributed by atoms with van der Waals surface area (Å²) in [4.78, 5) is 4.26. The number of aliphatic imine (C=N–C) groups is 1. The predicted octanol–water partition coefficient (Wildman–Crippen LogP) is 1.49. The highest BCUT2D eigenvalue weighted by atomic mass is 32.2. The minimum Gasteiger partial charge on any atom is -0.381 e. The van der Waals surface area contributed by atoms with Crippen LogP contribution >= 0.6 is 11.8 Å². The molecule has 1 heterocycles. The Bertz CT molecular complexity index is 282. The molecule has 1 aliphatic rings. The van der Waals surface area contributed by atoms with Crippen LogP contribution in [0.2, 0.25) is 0 Å². The summed E-state index contributed by atoms with van der Waals surface area (Å²) in [6.45, 7) is 3.28. The molecular formula is C14H29N3O2S. The van der Waals surface area contributed by atoms with Gasteiger partial charge in [0.2, 0.25) is 0 Å². The number of unbranched alkanes of at least 4 members (excludes halogenated alkanes) is 1. The van der Waals surface area contributed by atoms with E-state index in [4.69, 9.17) is 9.47 Å². The van der Waals surface area contributed by atoms with Gasteiger partial charge >= 0.3 is 0 Å². The summed E-state index contributed by atoms with van der Waals surface area (Å²) in [6.07, 6.45) is 6.42. The molecule has 1 fully saturated rings. The fourth-order valence-corrected chi connectivity index (χ4v) is 2.73. The van der Waals surface area contributed by atoms with E-state index < -0.39 is 0 Å². The fourth-order valence-electron chi connectivity index (χ4n) is 2.24. The van der Waals surface area contributed by atoms with E-state index in [2.05, 4.69) is 21.9 Å². The Morgan fingerprint density at radius 2 is 2.05 bits per heavy atom. The number of nitrogens with one attached hydrogen (secondary N) is 2. The Balaban J connectivity index is 2.25. The molecule has 6 heteroatoms. The number of hydrogen-bond acceptors (Lipinski definition) is 4. The van der Waals surface area contributed by atoms with Gasteiger partial charge in [-0.1, -0.05) is 0 Å². The zero-order valence-electron chi connectivity index (χ0n) is 13.0. The molecule has 5 nitrogen and oxygen atoms in total. The van der Waals surface area contributed by atoms with E-state index in [1.165, 1.54) is 18.6 Å². The van der Waals surface area contributed by atoms with Gasteiger partial charge in [0.25, 0.3) is 0 Å². The van der Waals surface area contributed by atoms with E-state index in [9.17, 15) is 0 Å². The average Bonchev–Trinajstić information content (AvgIpc) is 2.51. The normalized spacial score (nSPS) is 18.9. The first kappa shape index (κ1) is 17.6. The van der Waals surface area contributed by atoms with Crippen molar-refractivity contribution in [1.82, 2.24) is 10.6 Å². The first-order chi connectivity index (χ1) is 9.76. The van der Waals surface area contributed by atoms with Crippen LogP contribution in [0.25, 0.3) is 0 Å². The van der Waals surface area contributed by atoms with E-state index in [1.54, 1.807) is 14.2 Å². The first-order valence-electron chi connectivity index (χ1n) is 7.33. The van der Waals surface area contributed by atoms with Gasteiger partial charge < -0.3 is 20.1 Å². The molecule has 0 aromatic carbocycles. The Morgan fingerprint density at radius 1 is 1.30 bits per heavy atom. The van der Waals surface area contributed by atoms with E-state index in [1.807, 2.05) is 11.8 Å². The van der Waals surface area contributed by atoms with Crippen molar-refractivity contribution >= 4 is 17.7 Å². The quantitative estimate of drug-likeness (QED) is 0.404. The minimum atomic E-state index is -0.116. The van der Waals surface area contributed by atoms with Crippen LogP contribution in [-0.2, 0) is 9.47 Å².